The van der Waals surface area contributed by atoms with Crippen molar-refractivity contribution < 1.29 is 35.9 Å². The molecule has 1 aromatic rings. The minimum absolute atomic E-state index is 0.0984. The summed E-state index contributed by atoms with van der Waals surface area (Å²) >= 11 is 3.25. The Morgan fingerprint density at radius 1 is 1.38 bits per heavy atom. The molecule has 0 saturated carbocycles. The van der Waals surface area contributed by atoms with Crippen molar-refractivity contribution in [1.82, 2.24) is 20.0 Å². The number of hydrogen-bond donors (Lipinski definition) is 1. The molecule has 1 aromatic heterocycles. The third-order valence-electron chi connectivity index (χ3n) is 3.82. The van der Waals surface area contributed by atoms with Crippen LogP contribution in [0.3, 0.4) is 0 Å². The zero-order chi connectivity index (χ0) is 19.7. The van der Waals surface area contributed by atoms with Crippen LogP contribution in [0.1, 0.15) is 5.69 Å². The Labute approximate surface area is 152 Å². The van der Waals surface area contributed by atoms with E-state index < -0.39 is 30.5 Å². The smallest absolute Gasteiger partial charge is 0.434 e. The predicted molar refractivity (Wildman–Crippen MR) is 80.0 cm³/mol. The van der Waals surface area contributed by atoms with Gasteiger partial charge in [0.1, 0.15) is 6.04 Å². The summed E-state index contributed by atoms with van der Waals surface area (Å²) in [4.78, 5) is 13.5. The average Bonchev–Trinajstić information content (AvgIpc) is 2.82. The Kier molecular flexibility index (Phi) is 6.23. The molecule has 0 aliphatic carbocycles. The summed E-state index contributed by atoms with van der Waals surface area (Å²) in [5.41, 5.74) is 0.618. The Hall–Kier alpha value is -1.34. The lowest BCUT2D eigenvalue weighted by atomic mass is 10.1. The third kappa shape index (κ3) is 4.88. The van der Waals surface area contributed by atoms with Crippen LogP contribution in [0.25, 0.3) is 0 Å². The van der Waals surface area contributed by atoms with Crippen LogP contribution in [0, 0.1) is 0 Å². The maximum atomic E-state index is 12.6. The van der Waals surface area contributed by atoms with E-state index in [1.165, 1.54) is 15.8 Å². The van der Waals surface area contributed by atoms with Crippen molar-refractivity contribution in [3.05, 3.63) is 16.4 Å². The molecule has 2 rings (SSSR count). The van der Waals surface area contributed by atoms with E-state index in [1.54, 1.807) is 7.05 Å². The highest BCUT2D eigenvalue weighted by Crippen LogP contribution is 2.36. The summed E-state index contributed by atoms with van der Waals surface area (Å²) in [5, 5.41) is 6.74. The fourth-order valence-corrected chi connectivity index (χ4v) is 2.96. The molecule has 1 aliphatic rings. The first-order chi connectivity index (χ1) is 11.9. The molecule has 26 heavy (non-hydrogen) atoms. The van der Waals surface area contributed by atoms with Crippen molar-refractivity contribution >= 4 is 21.9 Å². The van der Waals surface area contributed by atoms with Crippen LogP contribution in [0.5, 0.6) is 0 Å². The zero-order valence-electron chi connectivity index (χ0n) is 13.4. The normalized spacial score (nSPS) is 19.8. The number of alkyl halides is 6. The number of nitrogens with one attached hydrogen (secondary N) is 1. The second-order valence-corrected chi connectivity index (χ2v) is 6.51. The first kappa shape index (κ1) is 21.0. The van der Waals surface area contributed by atoms with Gasteiger partial charge in [0.2, 0.25) is 0 Å². The van der Waals surface area contributed by atoms with Gasteiger partial charge in [-0.25, -0.2) is 0 Å². The number of esters is 1. The van der Waals surface area contributed by atoms with Crippen LogP contribution < -0.4 is 5.32 Å². The number of carbonyl (C=O) groups excluding carboxylic acids is 1. The molecule has 0 amide bonds. The average molecular weight is 453 g/mol. The molecule has 148 valence electrons. The minimum Gasteiger partial charge on any atom is -0.442 e. The lowest BCUT2D eigenvalue weighted by Crippen LogP contribution is -2.57. The molecule has 1 saturated heterocycles. The van der Waals surface area contributed by atoms with Crippen LogP contribution in [0.4, 0.5) is 26.3 Å². The highest BCUT2D eigenvalue weighted by molar-refractivity contribution is 9.10. The maximum absolute atomic E-state index is 12.6. The highest BCUT2D eigenvalue weighted by atomic mass is 79.9. The van der Waals surface area contributed by atoms with E-state index in [1.807, 2.05) is 0 Å². The van der Waals surface area contributed by atoms with Gasteiger partial charge in [0.15, 0.2) is 0 Å². The van der Waals surface area contributed by atoms with Gasteiger partial charge >= 0.3 is 18.3 Å². The van der Waals surface area contributed by atoms with Gasteiger partial charge in [-0.05, 0) is 15.9 Å². The molecule has 0 radical (unpaired) electrons. The molecule has 1 atom stereocenters. The van der Waals surface area contributed by atoms with Crippen molar-refractivity contribution in [3.63, 3.8) is 0 Å². The number of aryl methyl sites for hydroxylation is 1. The molecule has 6 nitrogen and oxygen atoms in total. The van der Waals surface area contributed by atoms with E-state index in [0.29, 0.717) is 16.7 Å². The Bertz CT molecular complexity index is 614. The first-order valence-electron chi connectivity index (χ1n) is 7.36. The molecule has 0 aromatic carbocycles. The summed E-state index contributed by atoms with van der Waals surface area (Å²) < 4.78 is 81.6. The lowest BCUT2D eigenvalue weighted by Gasteiger charge is -2.35. The Morgan fingerprint density at radius 3 is 2.50 bits per heavy atom. The van der Waals surface area contributed by atoms with Crippen molar-refractivity contribution in [2.75, 3.05) is 19.6 Å². The van der Waals surface area contributed by atoms with Gasteiger partial charge in [-0.1, -0.05) is 0 Å². The Morgan fingerprint density at radius 2 is 2.00 bits per heavy atom. The van der Waals surface area contributed by atoms with Gasteiger partial charge < -0.3 is 10.1 Å². The number of rotatable bonds is 4. The molecule has 0 bridgehead atoms. The number of aromatic nitrogens is 2. The van der Waals surface area contributed by atoms with Crippen LogP contribution in [0.15, 0.2) is 10.7 Å². The fraction of sp³-hybridized carbons (Fsp3) is 0.692. The van der Waals surface area contributed by atoms with Gasteiger partial charge in [0, 0.05) is 33.2 Å². The second kappa shape index (κ2) is 7.72. The highest BCUT2D eigenvalue weighted by Gasteiger charge is 2.60. The number of ether oxygens (including phenoxy) is 1. The number of halogens is 7. The van der Waals surface area contributed by atoms with Gasteiger partial charge in [-0.2, -0.15) is 31.4 Å². The molecule has 1 aliphatic heterocycles. The molecule has 13 heteroatoms. The predicted octanol–water partition coefficient (Wildman–Crippen LogP) is 1.99. The largest absolute Gasteiger partial charge is 0.442 e. The van der Waals surface area contributed by atoms with E-state index in [9.17, 15) is 31.1 Å². The summed E-state index contributed by atoms with van der Waals surface area (Å²) in [5.74, 6) is -1.59. The zero-order valence-corrected chi connectivity index (χ0v) is 15.0. The lowest BCUT2D eigenvalue weighted by molar-refractivity contribution is -0.314. The molecule has 0 spiro atoms. The van der Waals surface area contributed by atoms with E-state index in [2.05, 4.69) is 31.1 Å². The van der Waals surface area contributed by atoms with Crippen molar-refractivity contribution in [2.45, 2.75) is 31.0 Å². The molecular formula is C13H15BrF6N4O2. The second-order valence-electron chi connectivity index (χ2n) is 5.65. The van der Waals surface area contributed by atoms with E-state index >= 15 is 0 Å². The fourth-order valence-electron chi connectivity index (χ4n) is 2.49. The molecular weight excluding hydrogens is 438 g/mol. The quantitative estimate of drug-likeness (QED) is 0.559. The van der Waals surface area contributed by atoms with E-state index in [4.69, 9.17) is 0 Å². The summed E-state index contributed by atoms with van der Waals surface area (Å²) in [7, 11) is 1.62. The number of nitrogens with zero attached hydrogens (tertiary/aromatic N) is 3. The molecule has 2 heterocycles. The van der Waals surface area contributed by atoms with Gasteiger partial charge in [0.05, 0.1) is 16.4 Å². The van der Waals surface area contributed by atoms with Crippen molar-refractivity contribution in [3.8, 4) is 0 Å². The summed E-state index contributed by atoms with van der Waals surface area (Å²) in [6.45, 7) is 0.624. The van der Waals surface area contributed by atoms with Crippen molar-refractivity contribution in [2.24, 2.45) is 7.05 Å². The standard InChI is InChI=1S/C13H15BrF6N4O2/c1-23-9(7(14)4-22-23)6-24-3-2-21-5-8(24)10(25)26-11(12(15,16)17)13(18,19)20/h4,8,11,21H,2-3,5-6H2,1H3. The van der Waals surface area contributed by atoms with Crippen molar-refractivity contribution in [1.29, 1.82) is 0 Å². The monoisotopic (exact) mass is 452 g/mol. The van der Waals surface area contributed by atoms with Gasteiger partial charge in [-0.3, -0.25) is 14.4 Å². The SMILES string of the molecule is Cn1ncc(Br)c1CN1CCNCC1C(=O)OC(C(F)(F)F)C(F)(F)F. The van der Waals surface area contributed by atoms with Crippen LogP contribution >= 0.6 is 15.9 Å². The Balaban J connectivity index is 2.16. The maximum Gasteiger partial charge on any atom is 0.434 e. The van der Waals surface area contributed by atoms with Gasteiger partial charge in [0.25, 0.3) is 6.10 Å². The van der Waals surface area contributed by atoms with Crippen LogP contribution in [-0.2, 0) is 23.1 Å². The van der Waals surface area contributed by atoms with Crippen LogP contribution in [0.2, 0.25) is 0 Å². The first-order valence-corrected chi connectivity index (χ1v) is 8.15. The van der Waals surface area contributed by atoms with E-state index in [-0.39, 0.29) is 19.6 Å². The third-order valence-corrected chi connectivity index (χ3v) is 4.48. The minimum atomic E-state index is -5.74. The topological polar surface area (TPSA) is 59.4 Å². The number of hydrogen-bond acceptors (Lipinski definition) is 5. The van der Waals surface area contributed by atoms with Gasteiger partial charge in [-0.15, -0.1) is 0 Å². The summed E-state index contributed by atoms with van der Waals surface area (Å²) in [6, 6.07) is -1.29. The number of piperazine rings is 1. The van der Waals surface area contributed by atoms with Crippen LogP contribution in [-0.4, -0.2) is 64.8 Å². The molecule has 1 N–H and O–H groups in total. The molecule has 1 fully saturated rings. The number of carbonyl (C=O) groups is 1. The van der Waals surface area contributed by atoms with E-state index in [0.717, 1.165) is 0 Å². The summed E-state index contributed by atoms with van der Waals surface area (Å²) in [6.07, 6.45) is -14.2. The molecule has 1 unspecified atom stereocenters.